The summed E-state index contributed by atoms with van der Waals surface area (Å²) in [6.07, 6.45) is 3.76. The highest BCUT2D eigenvalue weighted by molar-refractivity contribution is 5.98. The summed E-state index contributed by atoms with van der Waals surface area (Å²) < 4.78 is 14.5. The molecule has 6 nitrogen and oxygen atoms in total. The molecule has 0 saturated carbocycles. The van der Waals surface area contributed by atoms with Crippen molar-refractivity contribution in [3.05, 3.63) is 90.5 Å². The molecule has 3 heterocycles. The van der Waals surface area contributed by atoms with Gasteiger partial charge in [0.25, 0.3) is 0 Å². The van der Waals surface area contributed by atoms with Gasteiger partial charge in [0.05, 0.1) is 16.6 Å². The van der Waals surface area contributed by atoms with Crippen molar-refractivity contribution < 1.29 is 4.39 Å². The molecule has 0 aliphatic carbocycles. The van der Waals surface area contributed by atoms with E-state index in [2.05, 4.69) is 50.6 Å². The summed E-state index contributed by atoms with van der Waals surface area (Å²) in [5.74, 6) is 0.357. The van der Waals surface area contributed by atoms with Crippen molar-refractivity contribution in [2.24, 2.45) is 0 Å². The van der Waals surface area contributed by atoms with E-state index in [0.29, 0.717) is 22.6 Å². The Kier molecular flexibility index (Phi) is 5.31. The van der Waals surface area contributed by atoms with Crippen molar-refractivity contribution in [2.75, 3.05) is 6.54 Å². The molecule has 0 saturated heterocycles. The number of hydrogen-bond acceptors (Lipinski definition) is 4. The average molecular weight is 463 g/mol. The summed E-state index contributed by atoms with van der Waals surface area (Å²) in [5, 5.41) is 12.0. The fourth-order valence-corrected chi connectivity index (χ4v) is 4.43. The molecule has 0 spiro atoms. The molecule has 0 unspecified atom stereocenters. The van der Waals surface area contributed by atoms with Gasteiger partial charge >= 0.3 is 0 Å². The van der Waals surface area contributed by atoms with E-state index in [1.165, 1.54) is 6.07 Å². The third-order valence-electron chi connectivity index (χ3n) is 6.17. The number of pyridine rings is 1. The highest BCUT2D eigenvalue weighted by atomic mass is 19.1. The van der Waals surface area contributed by atoms with Crippen LogP contribution < -0.4 is 5.32 Å². The van der Waals surface area contributed by atoms with Gasteiger partial charge in [0, 0.05) is 41.0 Å². The predicted octanol–water partition coefficient (Wildman–Crippen LogP) is 6.08. The maximum atomic E-state index is 14.5. The number of benzene rings is 3. The Bertz CT molecular complexity index is 1670. The quantitative estimate of drug-likeness (QED) is 0.280. The first kappa shape index (κ1) is 21.2. The maximum Gasteiger partial charge on any atom is 0.159 e. The van der Waals surface area contributed by atoms with E-state index in [-0.39, 0.29) is 5.82 Å². The molecule has 0 amide bonds. The van der Waals surface area contributed by atoms with Crippen LogP contribution in [0.5, 0.6) is 0 Å². The molecule has 0 aliphatic rings. The van der Waals surface area contributed by atoms with Crippen LogP contribution in [-0.4, -0.2) is 31.7 Å². The van der Waals surface area contributed by atoms with Crippen molar-refractivity contribution in [1.29, 1.82) is 0 Å². The Morgan fingerprint density at radius 3 is 2.66 bits per heavy atom. The van der Waals surface area contributed by atoms with E-state index in [4.69, 9.17) is 4.98 Å². The lowest BCUT2D eigenvalue weighted by Crippen LogP contribution is -2.11. The molecule has 0 atom stereocenters. The van der Waals surface area contributed by atoms with Crippen molar-refractivity contribution in [3.63, 3.8) is 0 Å². The molecule has 7 heteroatoms. The topological polar surface area (TPSA) is 82.3 Å². The first-order valence-corrected chi connectivity index (χ1v) is 11.6. The fourth-order valence-electron chi connectivity index (χ4n) is 4.43. The highest BCUT2D eigenvalue weighted by Gasteiger charge is 2.17. The second kappa shape index (κ2) is 8.77. The van der Waals surface area contributed by atoms with Crippen molar-refractivity contribution >= 4 is 21.9 Å². The van der Waals surface area contributed by atoms with Crippen molar-refractivity contribution in [1.82, 2.24) is 30.5 Å². The van der Waals surface area contributed by atoms with Gasteiger partial charge in [0.1, 0.15) is 11.5 Å². The van der Waals surface area contributed by atoms with Gasteiger partial charge in [0.15, 0.2) is 5.82 Å². The number of nitrogens with zero attached hydrogens (tertiary/aromatic N) is 3. The van der Waals surface area contributed by atoms with Gasteiger partial charge in [-0.05, 0) is 48.0 Å². The molecule has 0 aliphatic heterocycles. The molecule has 6 aromatic rings. The predicted molar refractivity (Wildman–Crippen MR) is 137 cm³/mol. The lowest BCUT2D eigenvalue weighted by molar-refractivity contribution is 0.631. The number of fused-ring (bicyclic) bond motifs is 2. The van der Waals surface area contributed by atoms with Crippen LogP contribution in [0.15, 0.2) is 79.1 Å². The smallest absolute Gasteiger partial charge is 0.159 e. The number of H-pyrrole nitrogens is 2. The van der Waals surface area contributed by atoms with E-state index in [0.717, 1.165) is 51.8 Å². The zero-order chi connectivity index (χ0) is 23.8. The van der Waals surface area contributed by atoms with Gasteiger partial charge in [-0.1, -0.05) is 43.3 Å². The number of hydrogen-bond donors (Lipinski definition) is 3. The summed E-state index contributed by atoms with van der Waals surface area (Å²) in [6, 6.07) is 20.8. The molecule has 0 fully saturated rings. The Morgan fingerprint density at radius 2 is 1.77 bits per heavy atom. The number of para-hydroxylation sites is 1. The van der Waals surface area contributed by atoms with E-state index in [9.17, 15) is 4.39 Å². The minimum Gasteiger partial charge on any atom is -0.337 e. The lowest BCUT2D eigenvalue weighted by atomic mass is 10.0. The summed E-state index contributed by atoms with van der Waals surface area (Å²) in [7, 11) is 0. The van der Waals surface area contributed by atoms with Gasteiger partial charge in [-0.3, -0.25) is 10.1 Å². The van der Waals surface area contributed by atoms with Gasteiger partial charge in [-0.15, -0.1) is 0 Å². The van der Waals surface area contributed by atoms with Crippen LogP contribution in [0.3, 0.4) is 0 Å². The van der Waals surface area contributed by atoms with E-state index < -0.39 is 0 Å². The Balaban J connectivity index is 1.45. The number of aromatic amines is 2. The highest BCUT2D eigenvalue weighted by Crippen LogP contribution is 2.33. The van der Waals surface area contributed by atoms with Crippen LogP contribution >= 0.6 is 0 Å². The van der Waals surface area contributed by atoms with Crippen LogP contribution in [0.25, 0.3) is 55.7 Å². The molecule has 3 aromatic carbocycles. The van der Waals surface area contributed by atoms with Gasteiger partial charge in [0.2, 0.25) is 0 Å². The second-order valence-electron chi connectivity index (χ2n) is 8.46. The minimum absolute atomic E-state index is 0.274. The third kappa shape index (κ3) is 3.86. The SMILES string of the molecule is CCNCc1cncc(-c2ccc3[nH]nc(-c4nc5c(-c6ccccc6F)cccc5[nH]4)c3c2)c1. The minimum atomic E-state index is -0.274. The first-order valence-electron chi connectivity index (χ1n) is 11.6. The largest absolute Gasteiger partial charge is 0.337 e. The molecule has 0 bridgehead atoms. The standard InChI is InChI=1S/C28H23FN6/c1-2-30-14-17-12-19(16-31-15-17)18-10-11-24-22(13-18)27(35-34-24)28-32-25-9-5-7-21(26(25)33-28)20-6-3-4-8-23(20)29/h3-13,15-16,30H,2,14H2,1H3,(H,32,33)(H,34,35). The van der Waals surface area contributed by atoms with Crippen LogP contribution in [-0.2, 0) is 6.54 Å². The zero-order valence-corrected chi connectivity index (χ0v) is 19.1. The molecule has 0 radical (unpaired) electrons. The number of imidazole rings is 1. The zero-order valence-electron chi connectivity index (χ0n) is 19.1. The van der Waals surface area contributed by atoms with Gasteiger partial charge in [-0.2, -0.15) is 5.10 Å². The molecular weight excluding hydrogens is 439 g/mol. The second-order valence-corrected chi connectivity index (χ2v) is 8.46. The van der Waals surface area contributed by atoms with Gasteiger partial charge in [-0.25, -0.2) is 9.37 Å². The fraction of sp³-hybridized carbons (Fsp3) is 0.107. The van der Waals surface area contributed by atoms with Crippen LogP contribution in [0, 0.1) is 5.82 Å². The van der Waals surface area contributed by atoms with E-state index in [1.807, 2.05) is 42.7 Å². The first-order chi connectivity index (χ1) is 17.2. The Morgan fingerprint density at radius 1 is 0.886 bits per heavy atom. The Labute approximate surface area is 201 Å². The van der Waals surface area contributed by atoms with E-state index in [1.54, 1.807) is 12.1 Å². The molecular formula is C28H23FN6. The normalized spacial score (nSPS) is 11.5. The summed E-state index contributed by atoms with van der Waals surface area (Å²) in [4.78, 5) is 12.6. The molecule has 172 valence electrons. The van der Waals surface area contributed by atoms with Crippen LogP contribution in [0.2, 0.25) is 0 Å². The van der Waals surface area contributed by atoms with Crippen LogP contribution in [0.1, 0.15) is 12.5 Å². The van der Waals surface area contributed by atoms with E-state index >= 15 is 0 Å². The van der Waals surface area contributed by atoms with Crippen molar-refractivity contribution in [2.45, 2.75) is 13.5 Å². The summed E-state index contributed by atoms with van der Waals surface area (Å²) in [6.45, 7) is 3.77. The number of halogens is 1. The lowest BCUT2D eigenvalue weighted by Gasteiger charge is -2.06. The molecule has 6 rings (SSSR count). The van der Waals surface area contributed by atoms with Crippen molar-refractivity contribution in [3.8, 4) is 33.8 Å². The number of nitrogens with one attached hydrogen (secondary N) is 3. The van der Waals surface area contributed by atoms with Gasteiger partial charge < -0.3 is 10.3 Å². The molecule has 35 heavy (non-hydrogen) atoms. The van der Waals surface area contributed by atoms with Crippen LogP contribution in [0.4, 0.5) is 4.39 Å². The summed E-state index contributed by atoms with van der Waals surface area (Å²) >= 11 is 0. The monoisotopic (exact) mass is 462 g/mol. The molecule has 3 aromatic heterocycles. The molecule has 3 N–H and O–H groups in total. The number of rotatable bonds is 6. The average Bonchev–Trinajstić information content (AvgIpc) is 3.51. The maximum absolute atomic E-state index is 14.5. The third-order valence-corrected chi connectivity index (χ3v) is 6.17. The number of aromatic nitrogens is 5. The Hall–Kier alpha value is -4.36. The summed E-state index contributed by atoms with van der Waals surface area (Å²) in [5.41, 5.74) is 7.66.